The van der Waals surface area contributed by atoms with Crippen molar-refractivity contribution in [2.75, 3.05) is 11.5 Å². The normalized spacial score (nSPS) is 27.7. The summed E-state index contributed by atoms with van der Waals surface area (Å²) in [5, 5.41) is -0.512. The van der Waals surface area contributed by atoms with Gasteiger partial charge in [-0.2, -0.15) is 0 Å². The first kappa shape index (κ1) is 11.3. The fourth-order valence-corrected chi connectivity index (χ4v) is 5.25. The third-order valence-corrected chi connectivity index (χ3v) is 6.58. The molecule has 0 unspecified atom stereocenters. The standard InChI is InChI=1S/C8H15NO4S2/c10-14(11)5-3-8(4-6-14)15(12,13)9-7-1-2-7/h7-9H,1-6H2. The highest BCUT2D eigenvalue weighted by Gasteiger charge is 2.36. The van der Waals surface area contributed by atoms with Crippen LogP contribution in [0.2, 0.25) is 0 Å². The Hall–Kier alpha value is -0.140. The van der Waals surface area contributed by atoms with Gasteiger partial charge in [0.15, 0.2) is 0 Å². The van der Waals surface area contributed by atoms with Gasteiger partial charge in [0, 0.05) is 6.04 Å². The zero-order chi connectivity index (χ0) is 11.1. The van der Waals surface area contributed by atoms with Crippen molar-refractivity contribution < 1.29 is 16.8 Å². The highest BCUT2D eigenvalue weighted by atomic mass is 32.2. The monoisotopic (exact) mass is 253 g/mol. The molecule has 0 aromatic heterocycles. The maximum atomic E-state index is 11.7. The van der Waals surface area contributed by atoms with Crippen molar-refractivity contribution in [1.82, 2.24) is 4.72 Å². The Balaban J connectivity index is 1.99. The molecule has 0 bridgehead atoms. The van der Waals surface area contributed by atoms with E-state index in [0.29, 0.717) is 0 Å². The molecule has 0 aromatic carbocycles. The molecule has 2 aliphatic rings. The van der Waals surface area contributed by atoms with Crippen LogP contribution < -0.4 is 4.72 Å². The lowest BCUT2D eigenvalue weighted by atomic mass is 10.2. The Morgan fingerprint density at radius 3 is 2.00 bits per heavy atom. The van der Waals surface area contributed by atoms with Gasteiger partial charge in [-0.15, -0.1) is 0 Å². The van der Waals surface area contributed by atoms with Crippen molar-refractivity contribution in [3.05, 3.63) is 0 Å². The second-order valence-corrected chi connectivity index (χ2v) is 8.58. The van der Waals surface area contributed by atoms with Crippen LogP contribution in [-0.2, 0) is 19.9 Å². The largest absolute Gasteiger partial charge is 0.229 e. The number of nitrogens with one attached hydrogen (secondary N) is 1. The lowest BCUT2D eigenvalue weighted by Crippen LogP contribution is -2.40. The third kappa shape index (κ3) is 2.92. The molecule has 5 nitrogen and oxygen atoms in total. The molecular weight excluding hydrogens is 238 g/mol. The fraction of sp³-hybridized carbons (Fsp3) is 1.00. The van der Waals surface area contributed by atoms with Gasteiger partial charge in [-0.25, -0.2) is 21.6 Å². The Morgan fingerprint density at radius 2 is 1.53 bits per heavy atom. The summed E-state index contributed by atoms with van der Waals surface area (Å²) in [6.07, 6.45) is 2.29. The minimum absolute atomic E-state index is 0.00322. The zero-order valence-electron chi connectivity index (χ0n) is 8.35. The molecule has 0 aromatic rings. The molecule has 1 aliphatic heterocycles. The van der Waals surface area contributed by atoms with Gasteiger partial charge in [-0.1, -0.05) is 0 Å². The Bertz CT molecular complexity index is 421. The van der Waals surface area contributed by atoms with Crippen LogP contribution >= 0.6 is 0 Å². The lowest BCUT2D eigenvalue weighted by molar-refractivity contribution is 0.542. The molecule has 1 saturated carbocycles. The molecule has 7 heteroatoms. The van der Waals surface area contributed by atoms with E-state index in [1.54, 1.807) is 0 Å². The van der Waals surface area contributed by atoms with Crippen molar-refractivity contribution in [3.63, 3.8) is 0 Å². The number of sulfone groups is 1. The third-order valence-electron chi connectivity index (χ3n) is 2.85. The molecule has 0 atom stereocenters. The molecule has 2 rings (SSSR count). The smallest absolute Gasteiger partial charge is 0.214 e. The molecule has 0 radical (unpaired) electrons. The maximum Gasteiger partial charge on any atom is 0.214 e. The number of rotatable bonds is 3. The quantitative estimate of drug-likeness (QED) is 0.745. The number of sulfonamides is 1. The van der Waals surface area contributed by atoms with Gasteiger partial charge in [-0.3, -0.25) is 0 Å². The van der Waals surface area contributed by atoms with Crippen LogP contribution in [0.1, 0.15) is 25.7 Å². The summed E-state index contributed by atoms with van der Waals surface area (Å²) in [5.41, 5.74) is 0. The first-order chi connectivity index (χ1) is 6.89. The highest BCUT2D eigenvalue weighted by Crippen LogP contribution is 2.24. The second-order valence-electron chi connectivity index (χ2n) is 4.29. The Morgan fingerprint density at radius 1 is 1.00 bits per heavy atom. The molecule has 1 saturated heterocycles. The van der Waals surface area contributed by atoms with Gasteiger partial charge in [0.2, 0.25) is 10.0 Å². The summed E-state index contributed by atoms with van der Waals surface area (Å²) in [4.78, 5) is 0. The highest BCUT2D eigenvalue weighted by molar-refractivity contribution is 7.92. The first-order valence-corrected chi connectivity index (χ1v) is 8.47. The first-order valence-electron chi connectivity index (χ1n) is 5.11. The molecule has 15 heavy (non-hydrogen) atoms. The minimum Gasteiger partial charge on any atom is -0.229 e. The number of hydrogen-bond donors (Lipinski definition) is 1. The lowest BCUT2D eigenvalue weighted by Gasteiger charge is -2.22. The summed E-state index contributed by atoms with van der Waals surface area (Å²) in [6.45, 7) is 0. The van der Waals surface area contributed by atoms with E-state index in [0.717, 1.165) is 12.8 Å². The van der Waals surface area contributed by atoms with Crippen LogP contribution in [0.3, 0.4) is 0 Å². The molecular formula is C8H15NO4S2. The SMILES string of the molecule is O=S1(=O)CCC(S(=O)(=O)NC2CC2)CC1. The van der Waals surface area contributed by atoms with E-state index in [-0.39, 0.29) is 30.4 Å². The van der Waals surface area contributed by atoms with Crippen LogP contribution in [0.15, 0.2) is 0 Å². The molecule has 1 heterocycles. The Labute approximate surface area is 90.2 Å². The van der Waals surface area contributed by atoms with Crippen LogP contribution in [0.25, 0.3) is 0 Å². The summed E-state index contributed by atoms with van der Waals surface area (Å²) in [7, 11) is -6.27. The van der Waals surface area contributed by atoms with Crippen LogP contribution in [0, 0.1) is 0 Å². The van der Waals surface area contributed by atoms with Gasteiger partial charge in [-0.05, 0) is 25.7 Å². The van der Waals surface area contributed by atoms with Crippen LogP contribution in [-0.4, -0.2) is 39.6 Å². The van der Waals surface area contributed by atoms with E-state index in [4.69, 9.17) is 0 Å². The topological polar surface area (TPSA) is 80.3 Å². The van der Waals surface area contributed by atoms with Crippen molar-refractivity contribution in [2.45, 2.75) is 37.0 Å². The van der Waals surface area contributed by atoms with E-state index in [1.165, 1.54) is 0 Å². The van der Waals surface area contributed by atoms with Gasteiger partial charge >= 0.3 is 0 Å². The number of hydrogen-bond acceptors (Lipinski definition) is 4. The Kier molecular flexibility index (Phi) is 2.81. The average Bonchev–Trinajstić information content (AvgIpc) is 2.86. The summed E-state index contributed by atoms with van der Waals surface area (Å²) in [5.74, 6) is 0.00644. The molecule has 0 spiro atoms. The van der Waals surface area contributed by atoms with E-state index in [2.05, 4.69) is 4.72 Å². The summed E-state index contributed by atoms with van der Waals surface area (Å²) >= 11 is 0. The van der Waals surface area contributed by atoms with Gasteiger partial charge in [0.25, 0.3) is 0 Å². The zero-order valence-corrected chi connectivity index (χ0v) is 9.98. The predicted molar refractivity (Wildman–Crippen MR) is 56.8 cm³/mol. The molecule has 0 amide bonds. The van der Waals surface area contributed by atoms with Crippen molar-refractivity contribution in [3.8, 4) is 0 Å². The van der Waals surface area contributed by atoms with E-state index >= 15 is 0 Å². The van der Waals surface area contributed by atoms with Gasteiger partial charge < -0.3 is 0 Å². The van der Waals surface area contributed by atoms with Crippen molar-refractivity contribution in [1.29, 1.82) is 0 Å². The van der Waals surface area contributed by atoms with E-state index < -0.39 is 25.1 Å². The molecule has 1 aliphatic carbocycles. The average molecular weight is 253 g/mol. The van der Waals surface area contributed by atoms with Crippen molar-refractivity contribution >= 4 is 19.9 Å². The maximum absolute atomic E-state index is 11.7. The summed E-state index contributed by atoms with van der Waals surface area (Å²) < 4.78 is 48.4. The fourth-order valence-electron chi connectivity index (χ4n) is 1.71. The van der Waals surface area contributed by atoms with Gasteiger partial charge in [0.1, 0.15) is 9.84 Å². The van der Waals surface area contributed by atoms with Crippen LogP contribution in [0.4, 0.5) is 0 Å². The molecule has 88 valence electrons. The van der Waals surface area contributed by atoms with Crippen LogP contribution in [0.5, 0.6) is 0 Å². The molecule has 2 fully saturated rings. The summed E-state index contributed by atoms with van der Waals surface area (Å²) in [6, 6.07) is 0.105. The van der Waals surface area contributed by atoms with Crippen molar-refractivity contribution in [2.24, 2.45) is 0 Å². The van der Waals surface area contributed by atoms with E-state index in [9.17, 15) is 16.8 Å². The second kappa shape index (κ2) is 3.71. The van der Waals surface area contributed by atoms with Gasteiger partial charge in [0.05, 0.1) is 16.8 Å². The molecule has 1 N–H and O–H groups in total. The van der Waals surface area contributed by atoms with E-state index in [1.807, 2.05) is 0 Å². The predicted octanol–water partition coefficient (Wildman–Crippen LogP) is -0.355. The minimum atomic E-state index is -3.28.